The number of nitrogens with zero attached hydrogens (tertiary/aromatic N) is 1. The van der Waals surface area contributed by atoms with Gasteiger partial charge in [-0.25, -0.2) is 0 Å². The third kappa shape index (κ3) is 5.58. The minimum Gasteiger partial charge on any atom is -0.486 e. The lowest BCUT2D eigenvalue weighted by Crippen LogP contribution is -2.34. The van der Waals surface area contributed by atoms with Crippen LogP contribution < -0.4 is 10.1 Å². The lowest BCUT2D eigenvalue weighted by molar-refractivity contribution is 0.0917. The van der Waals surface area contributed by atoms with Crippen LogP contribution >= 0.6 is 11.6 Å². The Labute approximate surface area is 147 Å². The van der Waals surface area contributed by atoms with Crippen LogP contribution in [0.15, 0.2) is 40.8 Å². The van der Waals surface area contributed by atoms with E-state index < -0.39 is 0 Å². The molecule has 0 atom stereocenters. The van der Waals surface area contributed by atoms with E-state index in [-0.39, 0.29) is 12.5 Å². The lowest BCUT2D eigenvalue weighted by atomic mass is 10.3. The van der Waals surface area contributed by atoms with Crippen molar-refractivity contribution in [2.45, 2.75) is 20.5 Å². The Morgan fingerprint density at radius 1 is 1.25 bits per heavy atom. The van der Waals surface area contributed by atoms with Crippen molar-refractivity contribution in [3.8, 4) is 5.75 Å². The first-order valence-corrected chi connectivity index (χ1v) is 8.47. The summed E-state index contributed by atoms with van der Waals surface area (Å²) in [7, 11) is 0. The maximum atomic E-state index is 12.1. The second-order valence-corrected chi connectivity index (χ2v) is 5.73. The van der Waals surface area contributed by atoms with Gasteiger partial charge < -0.3 is 19.4 Å². The number of likely N-dealkylation sites (N-methyl/N-ethyl adjacent to an activating group) is 1. The summed E-state index contributed by atoms with van der Waals surface area (Å²) in [4.78, 5) is 14.3. The summed E-state index contributed by atoms with van der Waals surface area (Å²) < 4.78 is 11.1. The molecule has 0 bridgehead atoms. The van der Waals surface area contributed by atoms with E-state index in [0.29, 0.717) is 28.8 Å². The van der Waals surface area contributed by atoms with Crippen LogP contribution in [0.2, 0.25) is 5.02 Å². The Balaban J connectivity index is 1.80. The fourth-order valence-corrected chi connectivity index (χ4v) is 2.42. The van der Waals surface area contributed by atoms with Crippen molar-refractivity contribution in [3.63, 3.8) is 0 Å². The molecule has 130 valence electrons. The number of hydrogen-bond acceptors (Lipinski definition) is 4. The van der Waals surface area contributed by atoms with Gasteiger partial charge in [-0.15, -0.1) is 0 Å². The summed E-state index contributed by atoms with van der Waals surface area (Å²) in [6.45, 7) is 7.80. The van der Waals surface area contributed by atoms with Crippen LogP contribution in [0.4, 0.5) is 0 Å². The van der Waals surface area contributed by atoms with Crippen molar-refractivity contribution in [2.24, 2.45) is 0 Å². The summed E-state index contributed by atoms with van der Waals surface area (Å²) >= 11 is 5.90. The van der Waals surface area contributed by atoms with Crippen LogP contribution in [-0.4, -0.2) is 37.0 Å². The Morgan fingerprint density at radius 2 is 2.04 bits per heavy atom. The maximum absolute atomic E-state index is 12.1. The number of nitrogens with one attached hydrogen (secondary N) is 1. The van der Waals surface area contributed by atoms with Gasteiger partial charge in [0.25, 0.3) is 5.91 Å². The maximum Gasteiger partial charge on any atom is 0.287 e. The quantitative estimate of drug-likeness (QED) is 0.751. The van der Waals surface area contributed by atoms with Crippen molar-refractivity contribution in [2.75, 3.05) is 26.2 Å². The molecule has 1 amide bonds. The van der Waals surface area contributed by atoms with Gasteiger partial charge in [-0.1, -0.05) is 31.5 Å². The van der Waals surface area contributed by atoms with Gasteiger partial charge >= 0.3 is 0 Å². The smallest absolute Gasteiger partial charge is 0.287 e. The molecule has 0 spiro atoms. The van der Waals surface area contributed by atoms with Crippen LogP contribution in [0.5, 0.6) is 5.75 Å². The number of ether oxygens (including phenoxy) is 1. The molecule has 2 aromatic rings. The Morgan fingerprint density at radius 3 is 2.75 bits per heavy atom. The van der Waals surface area contributed by atoms with Crippen molar-refractivity contribution < 1.29 is 13.9 Å². The monoisotopic (exact) mass is 350 g/mol. The standard InChI is InChI=1S/C18H23ClN2O3/c1-3-21(4-2)11-10-20-18(22)17-9-8-16(24-17)13-23-15-7-5-6-14(19)12-15/h5-9,12H,3-4,10-11,13H2,1-2H3,(H,20,22). The molecule has 0 radical (unpaired) electrons. The molecule has 1 N–H and O–H groups in total. The highest BCUT2D eigenvalue weighted by Gasteiger charge is 2.11. The van der Waals surface area contributed by atoms with E-state index in [0.717, 1.165) is 19.6 Å². The average molecular weight is 351 g/mol. The molecule has 0 fully saturated rings. The number of halogens is 1. The number of carbonyl (C=O) groups excluding carboxylic acids is 1. The Kier molecular flexibility index (Phi) is 7.15. The average Bonchev–Trinajstić information content (AvgIpc) is 3.06. The van der Waals surface area contributed by atoms with Gasteiger partial charge in [-0.2, -0.15) is 0 Å². The molecular formula is C18H23ClN2O3. The first-order valence-electron chi connectivity index (χ1n) is 8.10. The van der Waals surface area contributed by atoms with E-state index in [1.165, 1.54) is 0 Å². The van der Waals surface area contributed by atoms with Crippen molar-refractivity contribution in [3.05, 3.63) is 52.9 Å². The zero-order chi connectivity index (χ0) is 17.4. The molecule has 0 aliphatic heterocycles. The molecule has 2 rings (SSSR count). The van der Waals surface area contributed by atoms with E-state index in [9.17, 15) is 4.79 Å². The van der Waals surface area contributed by atoms with Crippen LogP contribution in [-0.2, 0) is 6.61 Å². The molecule has 0 unspecified atom stereocenters. The minimum absolute atomic E-state index is 0.212. The van der Waals surface area contributed by atoms with Crippen LogP contribution in [0.1, 0.15) is 30.2 Å². The SMILES string of the molecule is CCN(CC)CCNC(=O)c1ccc(COc2cccc(Cl)c2)o1. The normalized spacial score (nSPS) is 10.8. The predicted molar refractivity (Wildman–Crippen MR) is 94.6 cm³/mol. The van der Waals surface area contributed by atoms with E-state index in [2.05, 4.69) is 24.1 Å². The molecule has 1 aromatic heterocycles. The fourth-order valence-electron chi connectivity index (χ4n) is 2.24. The molecular weight excluding hydrogens is 328 g/mol. The lowest BCUT2D eigenvalue weighted by Gasteiger charge is -2.17. The summed E-state index contributed by atoms with van der Waals surface area (Å²) in [5.74, 6) is 1.32. The minimum atomic E-state index is -0.212. The molecule has 0 aliphatic rings. The largest absolute Gasteiger partial charge is 0.486 e. The van der Waals surface area contributed by atoms with Crippen molar-refractivity contribution in [1.82, 2.24) is 10.2 Å². The molecule has 5 nitrogen and oxygen atoms in total. The number of rotatable bonds is 9. The van der Waals surface area contributed by atoms with Crippen LogP contribution in [0.25, 0.3) is 0 Å². The molecule has 0 saturated carbocycles. The zero-order valence-electron chi connectivity index (χ0n) is 14.0. The number of carbonyl (C=O) groups is 1. The summed E-state index contributed by atoms with van der Waals surface area (Å²) in [6, 6.07) is 10.5. The van der Waals surface area contributed by atoms with E-state index in [1.54, 1.807) is 24.3 Å². The molecule has 1 aromatic carbocycles. The third-order valence-corrected chi connectivity index (χ3v) is 3.91. The van der Waals surface area contributed by atoms with Gasteiger partial charge in [0.05, 0.1) is 0 Å². The third-order valence-electron chi connectivity index (χ3n) is 3.67. The molecule has 6 heteroatoms. The topological polar surface area (TPSA) is 54.7 Å². The van der Waals surface area contributed by atoms with E-state index in [4.69, 9.17) is 20.8 Å². The fraction of sp³-hybridized carbons (Fsp3) is 0.389. The van der Waals surface area contributed by atoms with E-state index in [1.807, 2.05) is 12.1 Å². The van der Waals surface area contributed by atoms with Gasteiger partial charge in [-0.3, -0.25) is 4.79 Å². The van der Waals surface area contributed by atoms with Crippen molar-refractivity contribution >= 4 is 17.5 Å². The molecule has 0 saturated heterocycles. The highest BCUT2D eigenvalue weighted by molar-refractivity contribution is 6.30. The van der Waals surface area contributed by atoms with Gasteiger partial charge in [0.2, 0.25) is 0 Å². The highest BCUT2D eigenvalue weighted by atomic mass is 35.5. The predicted octanol–water partition coefficient (Wildman–Crippen LogP) is 3.58. The van der Waals surface area contributed by atoms with Gasteiger partial charge in [0, 0.05) is 18.1 Å². The van der Waals surface area contributed by atoms with Crippen LogP contribution in [0.3, 0.4) is 0 Å². The van der Waals surface area contributed by atoms with Crippen LogP contribution in [0, 0.1) is 0 Å². The zero-order valence-corrected chi connectivity index (χ0v) is 14.8. The molecule has 24 heavy (non-hydrogen) atoms. The summed E-state index contributed by atoms with van der Waals surface area (Å²) in [5.41, 5.74) is 0. The first-order chi connectivity index (χ1) is 11.6. The van der Waals surface area contributed by atoms with Gasteiger partial charge in [0.15, 0.2) is 5.76 Å². The Hall–Kier alpha value is -1.98. The number of hydrogen-bond donors (Lipinski definition) is 1. The summed E-state index contributed by atoms with van der Waals surface area (Å²) in [6.07, 6.45) is 0. The second-order valence-electron chi connectivity index (χ2n) is 5.29. The van der Waals surface area contributed by atoms with Gasteiger partial charge in [-0.05, 0) is 43.4 Å². The number of benzene rings is 1. The summed E-state index contributed by atoms with van der Waals surface area (Å²) in [5, 5.41) is 3.47. The highest BCUT2D eigenvalue weighted by Crippen LogP contribution is 2.19. The first kappa shape index (κ1) is 18.4. The number of furan rings is 1. The second kappa shape index (κ2) is 9.35. The van der Waals surface area contributed by atoms with E-state index >= 15 is 0 Å². The molecule has 1 heterocycles. The molecule has 0 aliphatic carbocycles. The van der Waals surface area contributed by atoms with Gasteiger partial charge in [0.1, 0.15) is 18.1 Å². The number of amides is 1. The Bertz CT molecular complexity index is 653. The van der Waals surface area contributed by atoms with Crippen molar-refractivity contribution in [1.29, 1.82) is 0 Å².